The lowest BCUT2D eigenvalue weighted by molar-refractivity contribution is -0.116. The molecule has 1 aliphatic heterocycles. The van der Waals surface area contributed by atoms with Gasteiger partial charge in [-0.05, 0) is 44.9 Å². The van der Waals surface area contributed by atoms with Gasteiger partial charge in [0.1, 0.15) is 28.8 Å². The van der Waals surface area contributed by atoms with E-state index in [0.29, 0.717) is 17.7 Å². The molecule has 0 atom stereocenters. The maximum absolute atomic E-state index is 13.3. The highest BCUT2D eigenvalue weighted by atomic mass is 32.2. The number of anilines is 1. The first-order chi connectivity index (χ1) is 16.2. The van der Waals surface area contributed by atoms with Crippen molar-refractivity contribution in [1.82, 2.24) is 13.4 Å². The van der Waals surface area contributed by atoms with Gasteiger partial charge < -0.3 is 10.1 Å². The molecule has 0 bridgehead atoms. The highest BCUT2D eigenvalue weighted by molar-refractivity contribution is 7.89. The van der Waals surface area contributed by atoms with Gasteiger partial charge in [0.05, 0.1) is 6.61 Å². The Labute approximate surface area is 197 Å². The molecule has 1 N–H and O–H groups in total. The Morgan fingerprint density at radius 3 is 2.50 bits per heavy atom. The Kier molecular flexibility index (Phi) is 7.90. The first-order valence-electron chi connectivity index (χ1n) is 11.0. The quantitative estimate of drug-likeness (QED) is 0.585. The molecule has 0 aliphatic carbocycles. The van der Waals surface area contributed by atoms with Gasteiger partial charge in [0.25, 0.3) is 5.56 Å². The maximum atomic E-state index is 13.3. The van der Waals surface area contributed by atoms with Crippen molar-refractivity contribution in [2.24, 2.45) is 0 Å². The molecule has 0 unspecified atom stereocenters. The number of benzene rings is 1. The van der Waals surface area contributed by atoms with Crippen molar-refractivity contribution in [3.8, 4) is 11.8 Å². The standard InChI is InChI=1S/C22H27N5O6S/c1-3-25-14-16(13-23)21(29)27(22(25)30)15-20(28)24-17-8-9-18(33-4-2)19(12-17)34(31,32)26-10-6-5-7-11-26/h8-9,12,14H,3-7,10-11,15H2,1-2H3,(H,24,28). The number of aromatic nitrogens is 2. The summed E-state index contributed by atoms with van der Waals surface area (Å²) in [6.07, 6.45) is 3.66. The zero-order valence-electron chi connectivity index (χ0n) is 19.1. The normalized spacial score (nSPS) is 14.4. The van der Waals surface area contributed by atoms with Crippen molar-refractivity contribution in [3.05, 3.63) is 50.8 Å². The lowest BCUT2D eigenvalue weighted by Crippen LogP contribution is -2.43. The number of amides is 1. The minimum Gasteiger partial charge on any atom is -0.492 e. The summed E-state index contributed by atoms with van der Waals surface area (Å²) in [4.78, 5) is 37.5. The van der Waals surface area contributed by atoms with Gasteiger partial charge in [0.2, 0.25) is 15.9 Å². The van der Waals surface area contributed by atoms with Gasteiger partial charge in [-0.25, -0.2) is 17.8 Å². The minimum atomic E-state index is -3.85. The predicted octanol–water partition coefficient (Wildman–Crippen LogP) is 1.11. The van der Waals surface area contributed by atoms with E-state index in [0.717, 1.165) is 30.0 Å². The molecule has 34 heavy (non-hydrogen) atoms. The molecule has 0 spiro atoms. The number of carbonyl (C=O) groups excluding carboxylic acids is 1. The molecule has 1 saturated heterocycles. The van der Waals surface area contributed by atoms with Crippen LogP contribution in [-0.2, 0) is 27.9 Å². The van der Waals surface area contributed by atoms with E-state index in [-0.39, 0.29) is 35.0 Å². The largest absolute Gasteiger partial charge is 0.492 e. The van der Waals surface area contributed by atoms with Gasteiger partial charge in [-0.15, -0.1) is 0 Å². The van der Waals surface area contributed by atoms with Crippen LogP contribution in [-0.4, -0.2) is 47.5 Å². The summed E-state index contributed by atoms with van der Waals surface area (Å²) in [5.74, 6) is -0.544. The molecule has 1 fully saturated rings. The van der Waals surface area contributed by atoms with E-state index >= 15 is 0 Å². The van der Waals surface area contributed by atoms with Crippen LogP contribution in [0.1, 0.15) is 38.7 Å². The summed E-state index contributed by atoms with van der Waals surface area (Å²) in [6.45, 7) is 4.07. The zero-order valence-corrected chi connectivity index (χ0v) is 19.9. The van der Waals surface area contributed by atoms with Crippen molar-refractivity contribution in [3.63, 3.8) is 0 Å². The van der Waals surface area contributed by atoms with Crippen molar-refractivity contribution in [1.29, 1.82) is 5.26 Å². The van der Waals surface area contributed by atoms with E-state index in [2.05, 4.69) is 5.32 Å². The number of ether oxygens (including phenoxy) is 1. The second-order valence-electron chi connectivity index (χ2n) is 7.72. The van der Waals surface area contributed by atoms with E-state index in [9.17, 15) is 22.8 Å². The molecule has 1 amide bonds. The van der Waals surface area contributed by atoms with Crippen molar-refractivity contribution >= 4 is 21.6 Å². The molecule has 2 aromatic rings. The number of nitrogens with one attached hydrogen (secondary N) is 1. The molecule has 2 heterocycles. The number of carbonyl (C=O) groups is 1. The Morgan fingerprint density at radius 1 is 1.18 bits per heavy atom. The minimum absolute atomic E-state index is 0.0639. The van der Waals surface area contributed by atoms with Gasteiger partial charge in [0.15, 0.2) is 0 Å². The third-order valence-corrected chi connectivity index (χ3v) is 7.38. The Hall–Kier alpha value is -3.43. The van der Waals surface area contributed by atoms with Crippen LogP contribution in [0.5, 0.6) is 5.75 Å². The molecule has 3 rings (SSSR count). The number of sulfonamides is 1. The maximum Gasteiger partial charge on any atom is 0.331 e. The molecule has 1 aliphatic rings. The molecule has 0 saturated carbocycles. The van der Waals surface area contributed by atoms with E-state index < -0.39 is 33.7 Å². The van der Waals surface area contributed by atoms with Crippen LogP contribution < -0.4 is 21.3 Å². The van der Waals surface area contributed by atoms with E-state index in [1.165, 1.54) is 22.5 Å². The van der Waals surface area contributed by atoms with Gasteiger partial charge in [-0.3, -0.25) is 14.2 Å². The highest BCUT2D eigenvalue weighted by Crippen LogP contribution is 2.31. The first-order valence-corrected chi connectivity index (χ1v) is 12.5. The van der Waals surface area contributed by atoms with E-state index in [1.807, 2.05) is 0 Å². The lowest BCUT2D eigenvalue weighted by atomic mass is 10.2. The van der Waals surface area contributed by atoms with Crippen LogP contribution in [0.15, 0.2) is 38.9 Å². The first kappa shape index (κ1) is 25.2. The van der Waals surface area contributed by atoms with Crippen LogP contribution in [0.3, 0.4) is 0 Å². The summed E-state index contributed by atoms with van der Waals surface area (Å²) in [5.41, 5.74) is -1.68. The van der Waals surface area contributed by atoms with Crippen LogP contribution in [0.4, 0.5) is 5.69 Å². The monoisotopic (exact) mass is 489 g/mol. The number of hydrogen-bond donors (Lipinski definition) is 1. The molecule has 1 aromatic heterocycles. The summed E-state index contributed by atoms with van der Waals surface area (Å²) in [6, 6.07) is 5.98. The summed E-state index contributed by atoms with van der Waals surface area (Å²) in [7, 11) is -3.85. The SMILES string of the molecule is CCOc1ccc(NC(=O)Cn2c(=O)c(C#N)cn(CC)c2=O)cc1S(=O)(=O)N1CCCCC1. The highest BCUT2D eigenvalue weighted by Gasteiger charge is 2.29. The average Bonchev–Trinajstić information content (AvgIpc) is 2.83. The second kappa shape index (κ2) is 10.7. The third kappa shape index (κ3) is 5.21. The third-order valence-electron chi connectivity index (χ3n) is 5.46. The number of rotatable bonds is 8. The number of nitrogens with zero attached hydrogens (tertiary/aromatic N) is 4. The second-order valence-corrected chi connectivity index (χ2v) is 9.63. The number of aryl methyl sites for hydroxylation is 1. The smallest absolute Gasteiger partial charge is 0.331 e. The number of hydrogen-bond acceptors (Lipinski definition) is 7. The molecule has 11 nitrogen and oxygen atoms in total. The molecule has 1 aromatic carbocycles. The fraction of sp³-hybridized carbons (Fsp3) is 0.455. The molecular formula is C22H27N5O6S. The fourth-order valence-electron chi connectivity index (χ4n) is 3.75. The van der Waals surface area contributed by atoms with Gasteiger partial charge in [-0.1, -0.05) is 6.42 Å². The number of nitriles is 1. The van der Waals surface area contributed by atoms with Crippen molar-refractivity contribution < 1.29 is 17.9 Å². The summed E-state index contributed by atoms with van der Waals surface area (Å²) >= 11 is 0. The van der Waals surface area contributed by atoms with Crippen LogP contribution >= 0.6 is 0 Å². The predicted molar refractivity (Wildman–Crippen MR) is 124 cm³/mol. The lowest BCUT2D eigenvalue weighted by Gasteiger charge is -2.27. The topological polar surface area (TPSA) is 144 Å². The van der Waals surface area contributed by atoms with Crippen molar-refractivity contribution in [2.45, 2.75) is 51.1 Å². The molecular weight excluding hydrogens is 462 g/mol. The Morgan fingerprint density at radius 2 is 1.88 bits per heavy atom. The Bertz CT molecular complexity index is 1330. The summed E-state index contributed by atoms with van der Waals surface area (Å²) < 4.78 is 35.3. The fourth-order valence-corrected chi connectivity index (χ4v) is 5.42. The van der Waals surface area contributed by atoms with Gasteiger partial charge in [0, 0.05) is 31.5 Å². The van der Waals surface area contributed by atoms with Gasteiger partial charge in [-0.2, -0.15) is 9.57 Å². The zero-order chi connectivity index (χ0) is 24.9. The summed E-state index contributed by atoms with van der Waals surface area (Å²) in [5, 5.41) is 11.7. The van der Waals surface area contributed by atoms with Crippen LogP contribution in [0.25, 0.3) is 0 Å². The van der Waals surface area contributed by atoms with E-state index in [4.69, 9.17) is 10.00 Å². The van der Waals surface area contributed by atoms with Crippen molar-refractivity contribution in [2.75, 3.05) is 25.0 Å². The Balaban J connectivity index is 1.92. The van der Waals surface area contributed by atoms with E-state index in [1.54, 1.807) is 19.9 Å². The van der Waals surface area contributed by atoms with Crippen LogP contribution in [0, 0.1) is 11.3 Å². The molecule has 0 radical (unpaired) electrons. The van der Waals surface area contributed by atoms with Crippen LogP contribution in [0.2, 0.25) is 0 Å². The average molecular weight is 490 g/mol. The number of piperidine rings is 1. The molecule has 182 valence electrons. The molecule has 12 heteroatoms. The van der Waals surface area contributed by atoms with Gasteiger partial charge >= 0.3 is 5.69 Å².